The number of piperidine rings is 1. The predicted molar refractivity (Wildman–Crippen MR) is 120 cm³/mol. The zero-order chi connectivity index (χ0) is 23.5. The molecule has 0 unspecified atom stereocenters. The molecule has 1 aromatic heterocycles. The van der Waals surface area contributed by atoms with Crippen LogP contribution in [0.3, 0.4) is 0 Å². The molecule has 0 atom stereocenters. The highest BCUT2D eigenvalue weighted by Gasteiger charge is 2.22. The van der Waals surface area contributed by atoms with Crippen LogP contribution in [-0.4, -0.2) is 52.7 Å². The van der Waals surface area contributed by atoms with Crippen molar-refractivity contribution in [3.05, 3.63) is 62.8 Å². The number of phenols is 1. The summed E-state index contributed by atoms with van der Waals surface area (Å²) in [5.74, 6) is 0.799. The second-order valence-electron chi connectivity index (χ2n) is 7.76. The fraction of sp³-hybridized carbons (Fsp3) is 0.348. The van der Waals surface area contributed by atoms with Crippen molar-refractivity contribution in [1.29, 1.82) is 0 Å². The van der Waals surface area contributed by atoms with Crippen molar-refractivity contribution in [2.75, 3.05) is 27.3 Å². The summed E-state index contributed by atoms with van der Waals surface area (Å²) in [5.41, 5.74) is -0.735. The molecule has 10 nitrogen and oxygen atoms in total. The van der Waals surface area contributed by atoms with Gasteiger partial charge in [-0.05, 0) is 55.2 Å². The van der Waals surface area contributed by atoms with Gasteiger partial charge in [-0.15, -0.1) is 4.73 Å². The van der Waals surface area contributed by atoms with Gasteiger partial charge in [0.15, 0.2) is 11.5 Å². The number of likely N-dealkylation sites (tertiary alicyclic amines) is 1. The SMILES string of the molecule is COc1ccc(Cn2c(=O)c3cc(O)ccc3n(OC(=O)N3CCCCC3)c2=O)cc1OC. The minimum absolute atomic E-state index is 0.0431. The van der Waals surface area contributed by atoms with Gasteiger partial charge in [0.2, 0.25) is 0 Å². The standard InChI is InChI=1S/C23H25N3O7/c1-31-19-9-6-15(12-20(19)32-2)14-25-21(28)17-13-16(27)7-8-18(17)26(22(25)29)33-23(30)24-10-4-3-5-11-24/h6-9,12-13,27H,3-5,10-11,14H2,1-2H3. The Morgan fingerprint density at radius 1 is 0.970 bits per heavy atom. The molecule has 0 bridgehead atoms. The molecule has 1 saturated heterocycles. The fourth-order valence-electron chi connectivity index (χ4n) is 3.92. The summed E-state index contributed by atoms with van der Waals surface area (Å²) in [6, 6.07) is 8.96. The van der Waals surface area contributed by atoms with E-state index < -0.39 is 17.3 Å². The Balaban J connectivity index is 1.80. The number of rotatable bonds is 5. The lowest BCUT2D eigenvalue weighted by Gasteiger charge is -2.26. The van der Waals surface area contributed by atoms with E-state index in [9.17, 15) is 19.5 Å². The van der Waals surface area contributed by atoms with Crippen LogP contribution in [0.25, 0.3) is 10.9 Å². The smallest absolute Gasteiger partial charge is 0.434 e. The van der Waals surface area contributed by atoms with Crippen molar-refractivity contribution in [1.82, 2.24) is 14.2 Å². The fourth-order valence-corrected chi connectivity index (χ4v) is 3.92. The molecule has 0 radical (unpaired) electrons. The molecule has 1 amide bonds. The van der Waals surface area contributed by atoms with Crippen molar-refractivity contribution in [3.8, 4) is 17.2 Å². The van der Waals surface area contributed by atoms with E-state index in [0.29, 0.717) is 30.2 Å². The van der Waals surface area contributed by atoms with Gasteiger partial charge in [0.05, 0.1) is 31.7 Å². The van der Waals surface area contributed by atoms with Crippen LogP contribution in [0, 0.1) is 0 Å². The van der Waals surface area contributed by atoms with Gasteiger partial charge in [-0.2, -0.15) is 0 Å². The van der Waals surface area contributed by atoms with Crippen molar-refractivity contribution < 1.29 is 24.2 Å². The van der Waals surface area contributed by atoms with E-state index in [1.54, 1.807) is 18.2 Å². The summed E-state index contributed by atoms with van der Waals surface area (Å²) >= 11 is 0. The number of carbonyl (C=O) groups is 1. The van der Waals surface area contributed by atoms with E-state index in [0.717, 1.165) is 28.6 Å². The number of fused-ring (bicyclic) bond motifs is 1. The molecule has 1 aliphatic heterocycles. The topological polar surface area (TPSA) is 112 Å². The summed E-state index contributed by atoms with van der Waals surface area (Å²) in [6.07, 6.45) is 2.08. The maximum atomic E-state index is 13.3. The third-order valence-electron chi connectivity index (χ3n) is 5.65. The van der Waals surface area contributed by atoms with Crippen molar-refractivity contribution >= 4 is 17.0 Å². The predicted octanol–water partition coefficient (Wildman–Crippen LogP) is 1.97. The van der Waals surface area contributed by atoms with Gasteiger partial charge in [0.1, 0.15) is 5.75 Å². The molecule has 1 fully saturated rings. The number of phenolic OH excluding ortho intramolecular Hbond substituents is 1. The van der Waals surface area contributed by atoms with Crippen molar-refractivity contribution in [2.45, 2.75) is 25.8 Å². The van der Waals surface area contributed by atoms with Crippen LogP contribution in [-0.2, 0) is 6.54 Å². The number of methoxy groups -OCH3 is 2. The van der Waals surface area contributed by atoms with Crippen LogP contribution in [0.1, 0.15) is 24.8 Å². The van der Waals surface area contributed by atoms with E-state index >= 15 is 0 Å². The van der Waals surface area contributed by atoms with E-state index in [-0.39, 0.29) is 23.2 Å². The molecule has 1 aliphatic rings. The van der Waals surface area contributed by atoms with Gasteiger partial charge >= 0.3 is 11.8 Å². The molecule has 3 aromatic rings. The Morgan fingerprint density at radius 2 is 1.70 bits per heavy atom. The Labute approximate surface area is 189 Å². The number of nitrogens with zero attached hydrogens (tertiary/aromatic N) is 3. The molecule has 10 heteroatoms. The maximum Gasteiger partial charge on any atom is 0.434 e. The molecule has 0 spiro atoms. The number of ether oxygens (including phenoxy) is 2. The lowest BCUT2D eigenvalue weighted by molar-refractivity contribution is 0.0839. The first kappa shape index (κ1) is 22.3. The summed E-state index contributed by atoms with van der Waals surface area (Å²) in [5, 5.41) is 9.97. The minimum Gasteiger partial charge on any atom is -0.508 e. The van der Waals surface area contributed by atoms with Crippen LogP contribution in [0.2, 0.25) is 0 Å². The molecule has 2 aromatic carbocycles. The summed E-state index contributed by atoms with van der Waals surface area (Å²) in [7, 11) is 2.99. The van der Waals surface area contributed by atoms with Gasteiger partial charge in [-0.3, -0.25) is 9.36 Å². The van der Waals surface area contributed by atoms with Gasteiger partial charge in [-0.25, -0.2) is 9.59 Å². The molecule has 1 N–H and O–H groups in total. The quantitative estimate of drug-likeness (QED) is 0.626. The Kier molecular flexibility index (Phi) is 6.25. The number of aromatic hydroxyl groups is 1. The first-order valence-electron chi connectivity index (χ1n) is 10.6. The van der Waals surface area contributed by atoms with Crippen molar-refractivity contribution in [3.63, 3.8) is 0 Å². The molecule has 0 saturated carbocycles. The normalized spacial score (nSPS) is 13.7. The average molecular weight is 455 g/mol. The second kappa shape index (κ2) is 9.27. The summed E-state index contributed by atoms with van der Waals surface area (Å²) in [4.78, 5) is 46.2. The third-order valence-corrected chi connectivity index (χ3v) is 5.65. The largest absolute Gasteiger partial charge is 0.508 e. The number of amides is 1. The van der Waals surface area contributed by atoms with Gasteiger partial charge in [0, 0.05) is 13.1 Å². The number of carbonyl (C=O) groups excluding carboxylic acids is 1. The van der Waals surface area contributed by atoms with Gasteiger partial charge in [0.25, 0.3) is 5.56 Å². The lowest BCUT2D eigenvalue weighted by Crippen LogP contribution is -2.47. The second-order valence-corrected chi connectivity index (χ2v) is 7.76. The average Bonchev–Trinajstić information content (AvgIpc) is 2.84. The summed E-state index contributed by atoms with van der Waals surface area (Å²) < 4.78 is 12.3. The van der Waals surface area contributed by atoms with E-state index in [4.69, 9.17) is 14.3 Å². The first-order valence-corrected chi connectivity index (χ1v) is 10.6. The third kappa shape index (κ3) is 4.36. The van der Waals surface area contributed by atoms with Crippen LogP contribution < -0.4 is 25.6 Å². The molecular weight excluding hydrogens is 430 g/mol. The lowest BCUT2D eigenvalue weighted by atomic mass is 10.1. The Bertz CT molecular complexity index is 1310. The molecule has 0 aliphatic carbocycles. The molecule has 4 rings (SSSR count). The number of hydrogen-bond acceptors (Lipinski definition) is 7. The first-order chi connectivity index (χ1) is 15.9. The minimum atomic E-state index is -0.807. The Morgan fingerprint density at radius 3 is 2.39 bits per heavy atom. The molecule has 174 valence electrons. The Hall–Kier alpha value is -3.95. The van der Waals surface area contributed by atoms with Crippen LogP contribution in [0.4, 0.5) is 4.79 Å². The highest BCUT2D eigenvalue weighted by atomic mass is 16.7. The molecular formula is C23H25N3O7. The van der Waals surface area contributed by atoms with E-state index in [2.05, 4.69) is 0 Å². The number of benzene rings is 2. The van der Waals surface area contributed by atoms with Crippen LogP contribution in [0.5, 0.6) is 17.2 Å². The maximum absolute atomic E-state index is 13.3. The van der Waals surface area contributed by atoms with Crippen molar-refractivity contribution in [2.24, 2.45) is 0 Å². The zero-order valence-corrected chi connectivity index (χ0v) is 18.4. The monoisotopic (exact) mass is 455 g/mol. The van der Waals surface area contributed by atoms with Gasteiger partial charge in [-0.1, -0.05) is 6.07 Å². The van der Waals surface area contributed by atoms with Gasteiger partial charge < -0.3 is 24.3 Å². The van der Waals surface area contributed by atoms with Crippen LogP contribution in [0.15, 0.2) is 46.0 Å². The highest BCUT2D eigenvalue weighted by molar-refractivity contribution is 5.80. The molecule has 33 heavy (non-hydrogen) atoms. The summed E-state index contributed by atoms with van der Waals surface area (Å²) in [6.45, 7) is 0.972. The zero-order valence-electron chi connectivity index (χ0n) is 18.4. The van der Waals surface area contributed by atoms with E-state index in [1.165, 1.54) is 37.3 Å². The molecule has 2 heterocycles. The van der Waals surface area contributed by atoms with E-state index in [1.807, 2.05) is 0 Å². The number of aromatic nitrogens is 2. The van der Waals surface area contributed by atoms with Crippen LogP contribution >= 0.6 is 0 Å². The highest BCUT2D eigenvalue weighted by Crippen LogP contribution is 2.27. The number of hydrogen-bond donors (Lipinski definition) is 1.